The fourth-order valence-corrected chi connectivity index (χ4v) is 8.68. The molecule has 0 amide bonds. The van der Waals surface area contributed by atoms with Crippen molar-refractivity contribution in [1.82, 2.24) is 9.97 Å². The van der Waals surface area contributed by atoms with Gasteiger partial charge in [-0.25, -0.2) is 9.97 Å². The summed E-state index contributed by atoms with van der Waals surface area (Å²) >= 11 is 14.1. The molecule has 15 rings (SSSR count). The van der Waals surface area contributed by atoms with Crippen molar-refractivity contribution < 1.29 is 0 Å². The SMILES string of the molecule is Clc1cc2c3ccc(ccc4ccc(cc4)c4cc(Cl)cc5c6ccc(ccc7ccc(cc7)c(c1)c2nc1c2cccc7cccc(c1nc45)c72)cc6)cc3. The molecule has 0 aliphatic rings. The minimum absolute atomic E-state index is 0.642. The summed E-state index contributed by atoms with van der Waals surface area (Å²) in [7, 11) is 0. The zero-order valence-corrected chi connectivity index (χ0v) is 31.5. The van der Waals surface area contributed by atoms with Crippen molar-refractivity contribution in [3.63, 3.8) is 0 Å². The summed E-state index contributed by atoms with van der Waals surface area (Å²) in [4.78, 5) is 11.5. The number of nitrogens with zero attached hydrogens (tertiary/aromatic N) is 2. The molecule has 2 nitrogen and oxygen atoms in total. The maximum atomic E-state index is 7.04. The van der Waals surface area contributed by atoms with Gasteiger partial charge in [0.05, 0.1) is 22.1 Å². The lowest BCUT2D eigenvalue weighted by molar-refractivity contribution is 1.51. The van der Waals surface area contributed by atoms with E-state index in [2.05, 4.69) is 158 Å². The summed E-state index contributed by atoms with van der Waals surface area (Å²) in [5, 5.41) is 17.9. The molecule has 0 atom stereocenters. The molecular weight excluding hydrogens is 723 g/mol. The fourth-order valence-electron chi connectivity index (χ4n) is 8.24. The number of hydrogen-bond donors (Lipinski definition) is 0. The Hall–Kier alpha value is -6.58. The molecule has 0 saturated heterocycles. The quantitative estimate of drug-likeness (QED) is 0.154. The number of halogens is 2. The minimum atomic E-state index is 0.642. The number of rotatable bonds is 0. The van der Waals surface area contributed by atoms with Crippen molar-refractivity contribution >= 4 is 131 Å². The molecule has 10 bridgehead atoms. The van der Waals surface area contributed by atoms with E-state index in [4.69, 9.17) is 33.2 Å². The molecule has 0 spiro atoms. The van der Waals surface area contributed by atoms with E-state index in [1.807, 2.05) is 24.3 Å². The predicted molar refractivity (Wildman–Crippen MR) is 242 cm³/mol. The molecule has 0 N–H and O–H groups in total. The van der Waals surface area contributed by atoms with Crippen LogP contribution in [-0.2, 0) is 0 Å². The van der Waals surface area contributed by atoms with E-state index >= 15 is 0 Å². The highest BCUT2D eigenvalue weighted by Crippen LogP contribution is 2.38. The van der Waals surface area contributed by atoms with Gasteiger partial charge in [0.1, 0.15) is 0 Å². The molecule has 6 heterocycles. The number of fused-ring (bicyclic) bond motifs is 4. The van der Waals surface area contributed by atoms with Crippen molar-refractivity contribution in [2.24, 2.45) is 0 Å². The number of benzene rings is 8. The van der Waals surface area contributed by atoms with E-state index in [0.29, 0.717) is 10.0 Å². The molecule has 0 unspecified atom stereocenters. The third kappa shape index (κ3) is 5.57. The highest BCUT2D eigenvalue weighted by atomic mass is 35.5. The summed E-state index contributed by atoms with van der Waals surface area (Å²) in [6, 6.07) is 64.1. The van der Waals surface area contributed by atoms with Gasteiger partial charge in [-0.05, 0) is 72.7 Å². The molecule has 0 aliphatic heterocycles. The van der Waals surface area contributed by atoms with Gasteiger partial charge in [0.25, 0.3) is 0 Å². The van der Waals surface area contributed by atoms with Gasteiger partial charge in [0.2, 0.25) is 0 Å². The summed E-state index contributed by atoms with van der Waals surface area (Å²) in [5.74, 6) is 0. The van der Waals surface area contributed by atoms with Crippen molar-refractivity contribution in [2.75, 3.05) is 0 Å². The van der Waals surface area contributed by atoms with Crippen LogP contribution in [-0.4, -0.2) is 9.97 Å². The second kappa shape index (κ2) is 13.0. The van der Waals surface area contributed by atoms with E-state index in [0.717, 1.165) is 108 Å². The van der Waals surface area contributed by atoms with Crippen molar-refractivity contribution in [1.29, 1.82) is 0 Å². The van der Waals surface area contributed by atoms with Crippen LogP contribution in [0.3, 0.4) is 0 Å². The van der Waals surface area contributed by atoms with E-state index in [1.165, 1.54) is 0 Å². The molecule has 56 heavy (non-hydrogen) atoms. The molecule has 0 saturated carbocycles. The Morgan fingerprint density at radius 1 is 0.268 bits per heavy atom. The van der Waals surface area contributed by atoms with Gasteiger partial charge in [0.15, 0.2) is 0 Å². The Bertz CT molecular complexity index is 3150. The normalized spacial score (nSPS) is 11.8. The Morgan fingerprint density at radius 3 is 0.857 bits per heavy atom. The molecule has 9 aromatic carbocycles. The van der Waals surface area contributed by atoms with Crippen LogP contribution in [0.1, 0.15) is 0 Å². The average molecular weight is 754 g/mol. The molecule has 15 aromatic rings. The average Bonchev–Trinajstić information content (AvgIpc) is 3.53. The van der Waals surface area contributed by atoms with E-state index in [1.54, 1.807) is 0 Å². The topological polar surface area (TPSA) is 25.8 Å². The van der Waals surface area contributed by atoms with Crippen LogP contribution in [0.5, 0.6) is 0 Å². The standard InChI is InChI=1S/C52H30Cl2N2/c53-40-27-44-35-19-11-31(12-20-35)7-9-33-15-23-37(24-16-33)46-29-41(54)30-47-38-25-17-34(18-26-38)10-8-32-13-21-36(22-14-32)45(28-40)49(44)55-51-42-5-1-3-39-4-2-6-43(48(39)42)52(51)56-50(46)47/h1-30H. The molecule has 262 valence electrons. The molecule has 0 radical (unpaired) electrons. The minimum Gasteiger partial charge on any atom is -0.245 e. The van der Waals surface area contributed by atoms with Gasteiger partial charge in [-0.3, -0.25) is 0 Å². The smallest absolute Gasteiger partial charge is 0.0979 e. The highest BCUT2D eigenvalue weighted by Gasteiger charge is 2.15. The lowest BCUT2D eigenvalue weighted by Gasteiger charge is -2.05. The first-order valence-electron chi connectivity index (χ1n) is 18.7. The maximum Gasteiger partial charge on any atom is 0.0979 e. The van der Waals surface area contributed by atoms with Gasteiger partial charge < -0.3 is 0 Å². The van der Waals surface area contributed by atoms with Crippen molar-refractivity contribution in [3.05, 3.63) is 192 Å². The Kier molecular flexibility index (Phi) is 7.63. The maximum absolute atomic E-state index is 7.04. The summed E-state index contributed by atoms with van der Waals surface area (Å²) in [5.41, 5.74) is 3.27. The van der Waals surface area contributed by atoms with Gasteiger partial charge >= 0.3 is 0 Å². The predicted octanol–water partition coefficient (Wildman–Crippen LogP) is 15.6. The van der Waals surface area contributed by atoms with E-state index < -0.39 is 0 Å². The monoisotopic (exact) mass is 752 g/mol. The Morgan fingerprint density at radius 2 is 0.554 bits per heavy atom. The third-order valence-electron chi connectivity index (χ3n) is 11.1. The Balaban J connectivity index is 1.52. The van der Waals surface area contributed by atoms with Gasteiger partial charge in [0, 0.05) is 47.7 Å². The van der Waals surface area contributed by atoms with E-state index in [-0.39, 0.29) is 0 Å². The lowest BCUT2D eigenvalue weighted by atomic mass is 10.0. The molecule has 6 aromatic heterocycles. The van der Waals surface area contributed by atoms with Crippen LogP contribution < -0.4 is 0 Å². The molecule has 0 aliphatic carbocycles. The highest BCUT2D eigenvalue weighted by molar-refractivity contribution is 6.34. The lowest BCUT2D eigenvalue weighted by Crippen LogP contribution is -1.84. The number of hydrogen-bond acceptors (Lipinski definition) is 2. The largest absolute Gasteiger partial charge is 0.245 e. The molecule has 4 heteroatoms. The fraction of sp³-hybridized carbons (Fsp3) is 0. The summed E-state index contributed by atoms with van der Waals surface area (Å²) < 4.78 is 0. The van der Waals surface area contributed by atoms with Gasteiger partial charge in [-0.15, -0.1) is 0 Å². The third-order valence-corrected chi connectivity index (χ3v) is 11.5. The van der Waals surface area contributed by atoms with Crippen LogP contribution in [0.2, 0.25) is 10.0 Å². The molecular formula is C52H30Cl2N2. The van der Waals surface area contributed by atoms with Gasteiger partial charge in [-0.1, -0.05) is 181 Å². The van der Waals surface area contributed by atoms with Gasteiger partial charge in [-0.2, -0.15) is 0 Å². The second-order valence-corrected chi connectivity index (χ2v) is 15.4. The second-order valence-electron chi connectivity index (χ2n) is 14.5. The first-order chi connectivity index (χ1) is 27.5. The van der Waals surface area contributed by atoms with Crippen LogP contribution in [0.15, 0.2) is 182 Å². The van der Waals surface area contributed by atoms with Crippen LogP contribution in [0.25, 0.3) is 108 Å². The Labute approximate surface area is 331 Å². The first-order valence-corrected chi connectivity index (χ1v) is 19.4. The summed E-state index contributed by atoms with van der Waals surface area (Å²) in [6.45, 7) is 0. The first kappa shape index (κ1) is 32.8. The molecule has 0 fully saturated rings. The van der Waals surface area contributed by atoms with E-state index in [9.17, 15) is 0 Å². The van der Waals surface area contributed by atoms with Crippen LogP contribution >= 0.6 is 23.2 Å². The zero-order chi connectivity index (χ0) is 37.3. The van der Waals surface area contributed by atoms with Crippen LogP contribution in [0.4, 0.5) is 0 Å². The van der Waals surface area contributed by atoms with Crippen molar-refractivity contribution in [3.8, 4) is 0 Å². The summed E-state index contributed by atoms with van der Waals surface area (Å²) in [6.07, 6.45) is 0. The zero-order valence-electron chi connectivity index (χ0n) is 30.0. The van der Waals surface area contributed by atoms with Crippen LogP contribution in [0, 0.1) is 0 Å². The van der Waals surface area contributed by atoms with Crippen molar-refractivity contribution in [2.45, 2.75) is 0 Å². The number of aromatic nitrogens is 2.